The van der Waals surface area contributed by atoms with Crippen LogP contribution in [0, 0.1) is 5.41 Å². The Morgan fingerprint density at radius 3 is 2.46 bits per heavy atom. The molecule has 0 spiro atoms. The highest BCUT2D eigenvalue weighted by molar-refractivity contribution is 5.74. The first-order valence-electron chi connectivity index (χ1n) is 4.56. The first-order chi connectivity index (χ1) is 6.07. The van der Waals surface area contributed by atoms with E-state index < -0.39 is 17.5 Å². The normalized spacial score (nSPS) is 23.8. The van der Waals surface area contributed by atoms with Gasteiger partial charge in [-0.15, -0.1) is 0 Å². The molecule has 0 bridgehead atoms. The fraction of sp³-hybridized carbons (Fsp3) is 0.889. The van der Waals surface area contributed by atoms with E-state index in [1.54, 1.807) is 6.92 Å². The van der Waals surface area contributed by atoms with E-state index in [9.17, 15) is 9.90 Å². The molecule has 1 saturated heterocycles. The van der Waals surface area contributed by atoms with E-state index in [-0.39, 0.29) is 0 Å². The Morgan fingerprint density at radius 1 is 1.54 bits per heavy atom. The summed E-state index contributed by atoms with van der Waals surface area (Å²) in [6.45, 7) is 2.60. The maximum Gasteiger partial charge on any atom is 0.309 e. The molecule has 0 saturated carbocycles. The molecule has 1 rings (SSSR count). The Labute approximate surface area is 77.5 Å². The molecule has 0 aromatic rings. The summed E-state index contributed by atoms with van der Waals surface area (Å²) in [5.74, 6) is -0.809. The smallest absolute Gasteiger partial charge is 0.309 e. The lowest BCUT2D eigenvalue weighted by molar-refractivity contribution is -0.157. The second-order valence-corrected chi connectivity index (χ2v) is 3.75. The Hall–Kier alpha value is -0.610. The lowest BCUT2D eigenvalue weighted by Crippen LogP contribution is -2.39. The van der Waals surface area contributed by atoms with Gasteiger partial charge in [-0.05, 0) is 26.2 Å². The maximum atomic E-state index is 11.0. The molecule has 1 heterocycles. The molecule has 0 aromatic heterocycles. The van der Waals surface area contributed by atoms with Gasteiger partial charge < -0.3 is 14.9 Å². The van der Waals surface area contributed by atoms with Crippen LogP contribution in [-0.2, 0) is 9.53 Å². The van der Waals surface area contributed by atoms with Crippen LogP contribution < -0.4 is 0 Å². The van der Waals surface area contributed by atoms with Crippen LogP contribution in [0.3, 0.4) is 0 Å². The van der Waals surface area contributed by atoms with E-state index >= 15 is 0 Å². The summed E-state index contributed by atoms with van der Waals surface area (Å²) in [5.41, 5.74) is -0.758. The number of carboxylic acid groups (broad SMARTS) is 1. The van der Waals surface area contributed by atoms with Gasteiger partial charge in [-0.3, -0.25) is 4.79 Å². The molecule has 0 aliphatic carbocycles. The molecule has 0 amide bonds. The Morgan fingerprint density at radius 2 is 2.08 bits per heavy atom. The fourth-order valence-electron chi connectivity index (χ4n) is 1.83. The van der Waals surface area contributed by atoms with Gasteiger partial charge >= 0.3 is 5.97 Å². The number of aliphatic hydroxyl groups excluding tert-OH is 1. The molecular formula is C9H16O4. The quantitative estimate of drug-likeness (QED) is 0.682. The summed E-state index contributed by atoms with van der Waals surface area (Å²) in [4.78, 5) is 11.0. The van der Waals surface area contributed by atoms with Crippen LogP contribution in [-0.4, -0.2) is 35.5 Å². The molecular weight excluding hydrogens is 172 g/mol. The van der Waals surface area contributed by atoms with Gasteiger partial charge in [0.05, 0.1) is 11.5 Å². The average molecular weight is 188 g/mol. The number of carboxylic acids is 1. The van der Waals surface area contributed by atoms with Gasteiger partial charge in [-0.25, -0.2) is 0 Å². The van der Waals surface area contributed by atoms with E-state index in [1.807, 2.05) is 0 Å². The highest BCUT2D eigenvalue weighted by Crippen LogP contribution is 2.35. The Balaban J connectivity index is 2.67. The van der Waals surface area contributed by atoms with Crippen molar-refractivity contribution in [3.05, 3.63) is 0 Å². The summed E-state index contributed by atoms with van der Waals surface area (Å²) < 4.78 is 5.11. The van der Waals surface area contributed by atoms with E-state index in [1.165, 1.54) is 0 Å². The zero-order chi connectivity index (χ0) is 9.90. The summed E-state index contributed by atoms with van der Waals surface area (Å²) >= 11 is 0. The first kappa shape index (κ1) is 10.5. The van der Waals surface area contributed by atoms with Crippen LogP contribution in [0.5, 0.6) is 0 Å². The first-order valence-corrected chi connectivity index (χ1v) is 4.56. The second kappa shape index (κ2) is 4.07. The number of rotatable bonds is 3. The van der Waals surface area contributed by atoms with Gasteiger partial charge in [-0.1, -0.05) is 0 Å². The largest absolute Gasteiger partial charge is 0.481 e. The van der Waals surface area contributed by atoms with Crippen molar-refractivity contribution in [1.29, 1.82) is 0 Å². The standard InChI is InChI=1S/C9H16O4/c1-7(10)6-9(8(11)12)2-4-13-5-3-9/h7,10H,2-6H2,1H3,(H,11,12). The predicted octanol–water partition coefficient (Wildman–Crippen LogP) is 0.639. The third-order valence-electron chi connectivity index (χ3n) is 2.59. The number of hydrogen-bond donors (Lipinski definition) is 2. The Bertz CT molecular complexity index is 182. The average Bonchev–Trinajstić information content (AvgIpc) is 2.04. The summed E-state index contributed by atoms with van der Waals surface area (Å²) in [5, 5.41) is 18.3. The van der Waals surface area contributed by atoms with Crippen molar-refractivity contribution in [3.63, 3.8) is 0 Å². The SMILES string of the molecule is CC(O)CC1(C(=O)O)CCOCC1. The number of aliphatic carboxylic acids is 1. The molecule has 0 aromatic carbocycles. The zero-order valence-electron chi connectivity index (χ0n) is 7.82. The minimum absolute atomic E-state index is 0.325. The highest BCUT2D eigenvalue weighted by atomic mass is 16.5. The number of carbonyl (C=O) groups is 1. The molecule has 1 unspecified atom stereocenters. The van der Waals surface area contributed by atoms with E-state index in [2.05, 4.69) is 0 Å². The monoisotopic (exact) mass is 188 g/mol. The number of hydrogen-bond acceptors (Lipinski definition) is 3. The highest BCUT2D eigenvalue weighted by Gasteiger charge is 2.40. The van der Waals surface area contributed by atoms with Crippen molar-refractivity contribution in [3.8, 4) is 0 Å². The van der Waals surface area contributed by atoms with Crippen LogP contribution in [0.4, 0.5) is 0 Å². The van der Waals surface area contributed by atoms with Crippen molar-refractivity contribution in [2.45, 2.75) is 32.3 Å². The summed E-state index contributed by atoms with van der Waals surface area (Å²) in [6, 6.07) is 0. The predicted molar refractivity (Wildman–Crippen MR) is 46.4 cm³/mol. The molecule has 76 valence electrons. The van der Waals surface area contributed by atoms with Crippen LogP contribution in [0.25, 0.3) is 0 Å². The molecule has 4 heteroatoms. The van der Waals surface area contributed by atoms with Crippen molar-refractivity contribution in [1.82, 2.24) is 0 Å². The van der Waals surface area contributed by atoms with Gasteiger partial charge in [0.15, 0.2) is 0 Å². The van der Waals surface area contributed by atoms with Gasteiger partial charge in [0.25, 0.3) is 0 Å². The third kappa shape index (κ3) is 2.42. The van der Waals surface area contributed by atoms with Crippen molar-refractivity contribution < 1.29 is 19.7 Å². The fourth-order valence-corrected chi connectivity index (χ4v) is 1.83. The molecule has 1 aliphatic heterocycles. The Kier molecular flexibility index (Phi) is 3.27. The molecule has 1 aliphatic rings. The number of aliphatic hydroxyl groups is 1. The van der Waals surface area contributed by atoms with E-state index in [4.69, 9.17) is 9.84 Å². The summed E-state index contributed by atoms with van der Waals surface area (Å²) in [6.07, 6.45) is 0.779. The molecule has 2 N–H and O–H groups in total. The van der Waals surface area contributed by atoms with Crippen molar-refractivity contribution >= 4 is 5.97 Å². The van der Waals surface area contributed by atoms with E-state index in [0.29, 0.717) is 32.5 Å². The molecule has 4 nitrogen and oxygen atoms in total. The zero-order valence-corrected chi connectivity index (χ0v) is 7.82. The molecule has 13 heavy (non-hydrogen) atoms. The lowest BCUT2D eigenvalue weighted by Gasteiger charge is -2.33. The summed E-state index contributed by atoms with van der Waals surface area (Å²) in [7, 11) is 0. The second-order valence-electron chi connectivity index (χ2n) is 3.75. The van der Waals surface area contributed by atoms with Gasteiger partial charge in [0, 0.05) is 13.2 Å². The lowest BCUT2D eigenvalue weighted by atomic mass is 9.76. The molecule has 1 fully saturated rings. The van der Waals surface area contributed by atoms with E-state index in [0.717, 1.165) is 0 Å². The van der Waals surface area contributed by atoms with Gasteiger partial charge in [0.1, 0.15) is 0 Å². The third-order valence-corrected chi connectivity index (χ3v) is 2.59. The number of ether oxygens (including phenoxy) is 1. The van der Waals surface area contributed by atoms with Crippen LogP contribution in [0.1, 0.15) is 26.2 Å². The minimum atomic E-state index is -0.809. The van der Waals surface area contributed by atoms with Crippen LogP contribution in [0.2, 0.25) is 0 Å². The minimum Gasteiger partial charge on any atom is -0.481 e. The van der Waals surface area contributed by atoms with Gasteiger partial charge in [0.2, 0.25) is 0 Å². The van der Waals surface area contributed by atoms with Crippen LogP contribution in [0.15, 0.2) is 0 Å². The molecule has 0 radical (unpaired) electrons. The van der Waals surface area contributed by atoms with Crippen molar-refractivity contribution in [2.24, 2.45) is 5.41 Å². The van der Waals surface area contributed by atoms with Gasteiger partial charge in [-0.2, -0.15) is 0 Å². The molecule has 1 atom stereocenters. The maximum absolute atomic E-state index is 11.0. The topological polar surface area (TPSA) is 66.8 Å². The van der Waals surface area contributed by atoms with Crippen molar-refractivity contribution in [2.75, 3.05) is 13.2 Å². The van der Waals surface area contributed by atoms with Crippen LogP contribution >= 0.6 is 0 Å².